The summed E-state index contributed by atoms with van der Waals surface area (Å²) < 4.78 is 0. The number of anilines is 2. The molecule has 1 aliphatic rings. The number of carbonyl (C=O) groups excluding carboxylic acids is 1. The Morgan fingerprint density at radius 3 is 2.52 bits per heavy atom. The van der Waals surface area contributed by atoms with E-state index in [0.717, 1.165) is 49.7 Å². The molecule has 0 unspecified atom stereocenters. The van der Waals surface area contributed by atoms with Crippen molar-refractivity contribution < 1.29 is 4.79 Å². The second-order valence-corrected chi connectivity index (χ2v) is 8.58. The summed E-state index contributed by atoms with van der Waals surface area (Å²) in [6.45, 7) is 7.55. The lowest BCUT2D eigenvalue weighted by Crippen LogP contribution is -2.46. The molecule has 172 valence electrons. The third-order valence-electron chi connectivity index (χ3n) is 5.67. The number of hydrogen-bond donors (Lipinski definition) is 2. The third kappa shape index (κ3) is 5.52. The number of nitrogens with zero attached hydrogens (tertiary/aromatic N) is 5. The van der Waals surface area contributed by atoms with Crippen LogP contribution in [0.1, 0.15) is 22.8 Å². The van der Waals surface area contributed by atoms with Crippen molar-refractivity contribution in [2.75, 3.05) is 42.9 Å². The summed E-state index contributed by atoms with van der Waals surface area (Å²) in [4.78, 5) is 30.1. The zero-order valence-electron chi connectivity index (χ0n) is 18.3. The molecule has 8 nitrogen and oxygen atoms in total. The van der Waals surface area contributed by atoms with Crippen LogP contribution in [-0.2, 0) is 6.54 Å². The number of halogens is 2. The summed E-state index contributed by atoms with van der Waals surface area (Å²) in [6.07, 6.45) is 3.18. The molecule has 0 atom stereocenters. The number of piperazine rings is 1. The Bertz CT molecular complexity index is 1130. The number of nitrogens with two attached hydrogens (primary N) is 1. The molecule has 1 amide bonds. The molecule has 3 aromatic rings. The lowest BCUT2D eigenvalue weighted by molar-refractivity contribution is 0.100. The van der Waals surface area contributed by atoms with Crippen molar-refractivity contribution in [1.82, 2.24) is 19.9 Å². The van der Waals surface area contributed by atoms with Crippen LogP contribution in [0.2, 0.25) is 10.0 Å². The topological polar surface area (TPSA) is 100 Å². The second kappa shape index (κ2) is 10.3. The minimum atomic E-state index is -0.619. The predicted molar refractivity (Wildman–Crippen MR) is 132 cm³/mol. The van der Waals surface area contributed by atoms with E-state index in [0.29, 0.717) is 28.2 Å². The number of amides is 1. The number of aromatic nitrogens is 3. The van der Waals surface area contributed by atoms with Crippen molar-refractivity contribution >= 4 is 40.7 Å². The number of primary amides is 1. The first-order chi connectivity index (χ1) is 15.9. The fourth-order valence-corrected chi connectivity index (χ4v) is 4.15. The highest BCUT2D eigenvalue weighted by atomic mass is 35.5. The van der Waals surface area contributed by atoms with E-state index in [4.69, 9.17) is 28.9 Å². The highest BCUT2D eigenvalue weighted by Crippen LogP contribution is 2.24. The smallest absolute Gasteiger partial charge is 0.254 e. The molecular formula is C23H25Cl2N7O. The zero-order chi connectivity index (χ0) is 23.4. The van der Waals surface area contributed by atoms with E-state index in [-0.39, 0.29) is 5.56 Å². The fourth-order valence-electron chi connectivity index (χ4n) is 3.68. The Balaban J connectivity index is 1.52. The summed E-state index contributed by atoms with van der Waals surface area (Å²) >= 11 is 12.2. The number of carbonyl (C=O) groups is 1. The van der Waals surface area contributed by atoms with Gasteiger partial charge >= 0.3 is 0 Å². The van der Waals surface area contributed by atoms with Gasteiger partial charge in [-0.1, -0.05) is 36.2 Å². The highest BCUT2D eigenvalue weighted by molar-refractivity contribution is 6.35. The van der Waals surface area contributed by atoms with Crippen molar-refractivity contribution in [3.63, 3.8) is 0 Å². The fraction of sp³-hybridized carbons (Fsp3) is 0.304. The Morgan fingerprint density at radius 1 is 1.09 bits per heavy atom. The van der Waals surface area contributed by atoms with Crippen LogP contribution in [0.15, 0.2) is 42.7 Å². The second-order valence-electron chi connectivity index (χ2n) is 7.74. The molecule has 1 fully saturated rings. The van der Waals surface area contributed by atoms with Gasteiger partial charge in [0.1, 0.15) is 11.6 Å². The molecular weight excluding hydrogens is 461 g/mol. The van der Waals surface area contributed by atoms with Crippen LogP contribution in [0.25, 0.3) is 11.4 Å². The number of pyridine rings is 1. The molecule has 3 heterocycles. The van der Waals surface area contributed by atoms with Gasteiger partial charge in [-0.3, -0.25) is 4.79 Å². The van der Waals surface area contributed by atoms with E-state index in [1.165, 1.54) is 6.20 Å². The van der Waals surface area contributed by atoms with Crippen molar-refractivity contribution in [2.45, 2.75) is 13.5 Å². The van der Waals surface area contributed by atoms with Gasteiger partial charge in [0, 0.05) is 60.7 Å². The molecule has 33 heavy (non-hydrogen) atoms. The molecule has 1 saturated heterocycles. The Morgan fingerprint density at radius 2 is 1.88 bits per heavy atom. The molecule has 3 N–H and O–H groups in total. The molecule has 0 bridgehead atoms. The monoisotopic (exact) mass is 485 g/mol. The van der Waals surface area contributed by atoms with E-state index < -0.39 is 5.91 Å². The van der Waals surface area contributed by atoms with Crippen LogP contribution in [0.5, 0.6) is 0 Å². The first-order valence-corrected chi connectivity index (χ1v) is 11.5. The number of benzene rings is 1. The van der Waals surface area contributed by atoms with Crippen LogP contribution in [0.4, 0.5) is 11.6 Å². The predicted octanol–water partition coefficient (Wildman–Crippen LogP) is 3.70. The van der Waals surface area contributed by atoms with E-state index in [9.17, 15) is 4.79 Å². The quantitative estimate of drug-likeness (QED) is 0.525. The molecule has 1 aliphatic heterocycles. The molecule has 1 aromatic carbocycles. The molecule has 0 radical (unpaired) electrons. The molecule has 0 aliphatic carbocycles. The summed E-state index contributed by atoms with van der Waals surface area (Å²) in [5.41, 5.74) is 7.27. The number of rotatable bonds is 7. The lowest BCUT2D eigenvalue weighted by Gasteiger charge is -2.34. The Kier molecular flexibility index (Phi) is 7.27. The van der Waals surface area contributed by atoms with Crippen molar-refractivity contribution in [1.29, 1.82) is 0 Å². The normalized spacial score (nSPS) is 14.3. The van der Waals surface area contributed by atoms with Gasteiger partial charge < -0.3 is 20.9 Å². The summed E-state index contributed by atoms with van der Waals surface area (Å²) in [5.74, 6) is 1.09. The lowest BCUT2D eigenvalue weighted by atomic mass is 10.2. The van der Waals surface area contributed by atoms with E-state index >= 15 is 0 Å². The molecule has 0 spiro atoms. The van der Waals surface area contributed by atoms with Crippen LogP contribution >= 0.6 is 23.2 Å². The van der Waals surface area contributed by atoms with Crippen LogP contribution in [0.3, 0.4) is 0 Å². The average Bonchev–Trinajstić information content (AvgIpc) is 2.83. The van der Waals surface area contributed by atoms with Gasteiger partial charge in [-0.25, -0.2) is 15.0 Å². The number of hydrogen-bond acceptors (Lipinski definition) is 7. The Hall–Kier alpha value is -2.94. The largest absolute Gasteiger partial charge is 0.365 e. The van der Waals surface area contributed by atoms with Gasteiger partial charge in [0.15, 0.2) is 5.82 Å². The summed E-state index contributed by atoms with van der Waals surface area (Å²) in [5, 5.41) is 4.21. The van der Waals surface area contributed by atoms with Gasteiger partial charge in [0.2, 0.25) is 0 Å². The standard InChI is InChI=1S/C23H25Cl2N7O/c1-2-31-7-9-32(10-8-31)20-6-4-16(13-27-20)22-29-14-18(21(26)33)23(30-22)28-12-15-3-5-17(24)11-19(15)25/h3-6,11,13-14H,2,7-10,12H2,1H3,(H2,26,33)(H,28,29,30). The zero-order valence-corrected chi connectivity index (χ0v) is 19.8. The number of nitrogens with one attached hydrogen (secondary N) is 1. The van der Waals surface area contributed by atoms with E-state index in [1.54, 1.807) is 18.3 Å². The van der Waals surface area contributed by atoms with Crippen LogP contribution < -0.4 is 16.0 Å². The van der Waals surface area contributed by atoms with Gasteiger partial charge in [0.05, 0.1) is 5.56 Å². The summed E-state index contributed by atoms with van der Waals surface area (Å²) in [6, 6.07) is 9.14. The minimum absolute atomic E-state index is 0.196. The van der Waals surface area contributed by atoms with Crippen LogP contribution in [-0.4, -0.2) is 58.5 Å². The van der Waals surface area contributed by atoms with Gasteiger partial charge in [-0.15, -0.1) is 0 Å². The SMILES string of the molecule is CCN1CCN(c2ccc(-c3ncc(C(N)=O)c(NCc4ccc(Cl)cc4Cl)n3)cn2)CC1. The average molecular weight is 486 g/mol. The van der Waals surface area contributed by atoms with E-state index in [1.807, 2.05) is 18.2 Å². The first-order valence-electron chi connectivity index (χ1n) is 10.7. The maximum Gasteiger partial charge on any atom is 0.254 e. The van der Waals surface area contributed by atoms with E-state index in [2.05, 4.69) is 37.0 Å². The van der Waals surface area contributed by atoms with Gasteiger partial charge in [-0.2, -0.15) is 0 Å². The minimum Gasteiger partial charge on any atom is -0.365 e. The third-order valence-corrected chi connectivity index (χ3v) is 6.25. The molecule has 2 aromatic heterocycles. The maximum absolute atomic E-state index is 11.9. The van der Waals surface area contributed by atoms with Crippen molar-refractivity contribution in [3.05, 3.63) is 63.9 Å². The van der Waals surface area contributed by atoms with Crippen LogP contribution in [0, 0.1) is 0 Å². The Labute approximate surface area is 202 Å². The van der Waals surface area contributed by atoms with Crippen molar-refractivity contribution in [2.24, 2.45) is 5.73 Å². The summed E-state index contributed by atoms with van der Waals surface area (Å²) in [7, 11) is 0. The molecule has 10 heteroatoms. The first kappa shape index (κ1) is 23.2. The van der Waals surface area contributed by atoms with Crippen molar-refractivity contribution in [3.8, 4) is 11.4 Å². The maximum atomic E-state index is 11.9. The van der Waals surface area contributed by atoms with Gasteiger partial charge in [-0.05, 0) is 36.4 Å². The highest BCUT2D eigenvalue weighted by Gasteiger charge is 2.18. The molecule has 0 saturated carbocycles. The number of likely N-dealkylation sites (N-methyl/N-ethyl adjacent to an activating group) is 1. The van der Waals surface area contributed by atoms with Gasteiger partial charge in [0.25, 0.3) is 5.91 Å². The molecule has 4 rings (SSSR count).